The van der Waals surface area contributed by atoms with Gasteiger partial charge in [0.15, 0.2) is 0 Å². The topological polar surface area (TPSA) is 173 Å². The first-order valence-corrected chi connectivity index (χ1v) is 14.5. The van der Waals surface area contributed by atoms with E-state index in [4.69, 9.17) is 14.0 Å². The summed E-state index contributed by atoms with van der Waals surface area (Å²) < 4.78 is 50.5. The molecule has 0 radical (unpaired) electrons. The van der Waals surface area contributed by atoms with E-state index in [-0.39, 0.29) is 70.6 Å². The van der Waals surface area contributed by atoms with Gasteiger partial charge in [-0.2, -0.15) is 8.42 Å². The van der Waals surface area contributed by atoms with Crippen LogP contribution in [0.1, 0.15) is 71.1 Å². The van der Waals surface area contributed by atoms with Crippen LogP contribution in [0.4, 0.5) is 0 Å². The average Bonchev–Trinajstić information content (AvgIpc) is 2.64. The Kier molecular flexibility index (Phi) is 25.3. The molecule has 0 bridgehead atoms. The summed E-state index contributed by atoms with van der Waals surface area (Å²) in [5.41, 5.74) is 0. The molecule has 2 N–H and O–H groups in total. The summed E-state index contributed by atoms with van der Waals surface area (Å²) in [4.78, 5) is 34.4. The Labute approximate surface area is 241 Å². The van der Waals surface area contributed by atoms with E-state index in [1.807, 2.05) is 0 Å². The largest absolute Gasteiger partial charge is 1.00 e. The third-order valence-electron chi connectivity index (χ3n) is 3.97. The first-order valence-electron chi connectivity index (χ1n) is 10.1. The van der Waals surface area contributed by atoms with Crippen LogP contribution < -0.4 is 68.9 Å². The molecule has 15 heteroatoms. The van der Waals surface area contributed by atoms with E-state index in [1.54, 1.807) is 30.3 Å². The van der Waals surface area contributed by atoms with Crippen LogP contribution in [-0.4, -0.2) is 24.8 Å². The molecule has 0 aliphatic heterocycles. The number of hydrogen-bond donors (Lipinski definition) is 2. The smallest absolute Gasteiger partial charge is 0.789 e. The number of unbranched alkanes of at least 4 members (excludes halogenated alkanes) is 9. The maximum Gasteiger partial charge on any atom is 1.00 e. The van der Waals surface area contributed by atoms with Gasteiger partial charge in [0.25, 0.3) is 10.1 Å². The van der Waals surface area contributed by atoms with E-state index < -0.39 is 25.8 Å². The van der Waals surface area contributed by atoms with E-state index in [9.17, 15) is 27.3 Å². The van der Waals surface area contributed by atoms with Gasteiger partial charge in [0.2, 0.25) is 0 Å². The van der Waals surface area contributed by atoms with Crippen molar-refractivity contribution in [3.05, 3.63) is 30.3 Å². The molecule has 0 aliphatic carbocycles. The number of rotatable bonds is 15. The Balaban J connectivity index is -0.000000700. The Bertz CT molecular complexity index is 765. The Morgan fingerprint density at radius 2 is 1.24 bits per heavy atom. The van der Waals surface area contributed by atoms with E-state index in [1.165, 1.54) is 51.4 Å². The molecular weight excluding hydrogens is 516 g/mol. The number of hydrogen-bond acceptors (Lipinski definition) is 8. The van der Waals surface area contributed by atoms with Gasteiger partial charge in [0.05, 0.1) is 19.3 Å². The Hall–Kier alpha value is 1.39. The van der Waals surface area contributed by atoms with Crippen molar-refractivity contribution >= 4 is 25.8 Å². The van der Waals surface area contributed by atoms with E-state index in [2.05, 4.69) is 11.2 Å². The molecule has 182 valence electrons. The van der Waals surface area contributed by atoms with E-state index >= 15 is 0 Å². The van der Waals surface area contributed by atoms with Gasteiger partial charge in [-0.3, -0.25) is 8.49 Å². The maximum absolute atomic E-state index is 11.9. The molecule has 0 atom stereocenters. The quantitative estimate of drug-likeness (QED) is 0.101. The summed E-state index contributed by atoms with van der Waals surface area (Å²) in [5.74, 6) is 0. The van der Waals surface area contributed by atoms with Crippen molar-refractivity contribution in [1.29, 1.82) is 0 Å². The zero-order valence-electron chi connectivity index (χ0n) is 19.6. The van der Waals surface area contributed by atoms with Gasteiger partial charge in [-0.05, 0) is 18.6 Å². The molecule has 0 fully saturated rings. The third-order valence-corrected chi connectivity index (χ3v) is 6.95. The van der Waals surface area contributed by atoms with Crippen LogP contribution in [0.3, 0.4) is 0 Å². The van der Waals surface area contributed by atoms with Crippen LogP contribution in [0.5, 0.6) is 0 Å². The van der Waals surface area contributed by atoms with Gasteiger partial charge >= 0.3 is 66.9 Å². The minimum atomic E-state index is -5.55. The molecule has 0 saturated heterocycles. The Morgan fingerprint density at radius 3 is 1.61 bits per heavy atom. The van der Waals surface area contributed by atoms with Crippen molar-refractivity contribution in [3.8, 4) is 0 Å². The summed E-state index contributed by atoms with van der Waals surface area (Å²) in [6, 6.07) is 8.33. The van der Waals surface area contributed by atoms with Crippen LogP contribution in [0.15, 0.2) is 35.2 Å². The molecule has 0 heterocycles. The molecular formula is C18H32Na2O10P2S. The van der Waals surface area contributed by atoms with Gasteiger partial charge in [-0.25, -0.2) is 4.57 Å². The summed E-state index contributed by atoms with van der Waals surface area (Å²) in [6.45, 7) is 2.52. The Morgan fingerprint density at radius 1 is 0.818 bits per heavy atom. The van der Waals surface area contributed by atoms with Crippen LogP contribution in [0.25, 0.3) is 0 Å². The zero-order valence-corrected chi connectivity index (χ0v) is 26.2. The third kappa shape index (κ3) is 26.3. The van der Waals surface area contributed by atoms with Crippen molar-refractivity contribution in [2.45, 2.75) is 76.0 Å². The van der Waals surface area contributed by atoms with Crippen molar-refractivity contribution in [3.63, 3.8) is 0 Å². The zero-order chi connectivity index (χ0) is 23.8. The predicted octanol–water partition coefficient (Wildman–Crippen LogP) is -2.75. The second kappa shape index (κ2) is 21.5. The van der Waals surface area contributed by atoms with Crippen molar-refractivity contribution in [1.82, 2.24) is 0 Å². The van der Waals surface area contributed by atoms with Gasteiger partial charge < -0.3 is 24.1 Å². The fraction of sp³-hybridized carbons (Fsp3) is 0.667. The van der Waals surface area contributed by atoms with Gasteiger partial charge in [-0.1, -0.05) is 82.9 Å². The molecule has 10 nitrogen and oxygen atoms in total. The summed E-state index contributed by atoms with van der Waals surface area (Å²) >= 11 is 0. The molecule has 0 unspecified atom stereocenters. The van der Waals surface area contributed by atoms with Gasteiger partial charge in [0.1, 0.15) is 0 Å². The molecule has 1 rings (SSSR count). The normalized spacial score (nSPS) is 11.5. The molecule has 0 saturated carbocycles. The van der Waals surface area contributed by atoms with Crippen molar-refractivity contribution in [2.75, 3.05) is 6.61 Å². The van der Waals surface area contributed by atoms with E-state index in [0.717, 1.165) is 12.8 Å². The first-order chi connectivity index (χ1) is 14.4. The number of benzene rings is 1. The van der Waals surface area contributed by atoms with E-state index in [0.29, 0.717) is 0 Å². The molecule has 1 aromatic carbocycles. The fourth-order valence-electron chi connectivity index (χ4n) is 2.54. The molecule has 0 aliphatic rings. The summed E-state index contributed by atoms with van der Waals surface area (Å²) in [7, 11) is -14.3. The summed E-state index contributed by atoms with van der Waals surface area (Å²) in [6.07, 6.45) is 12.3. The SMILES string of the molecule is CCCCCCCCCCCCOS(=O)(=O)c1ccccc1.O=P([O-])([O-])OP(=O)(O)O.[Na+].[Na+]. The second-order valence-electron chi connectivity index (χ2n) is 6.79. The van der Waals surface area contributed by atoms with Crippen LogP contribution in [0, 0.1) is 0 Å². The average molecular weight is 548 g/mol. The molecule has 33 heavy (non-hydrogen) atoms. The monoisotopic (exact) mass is 548 g/mol. The molecule has 0 aromatic heterocycles. The predicted molar refractivity (Wildman–Crippen MR) is 112 cm³/mol. The fourth-order valence-corrected chi connectivity index (χ4v) is 4.55. The minimum Gasteiger partial charge on any atom is -0.789 e. The first kappa shape index (κ1) is 38.9. The van der Waals surface area contributed by atoms with Gasteiger partial charge in [0, 0.05) is 0 Å². The molecule has 0 spiro atoms. The second-order valence-corrected chi connectivity index (χ2v) is 10.9. The summed E-state index contributed by atoms with van der Waals surface area (Å²) in [5, 5.41) is 0. The molecule has 1 aromatic rings. The van der Waals surface area contributed by atoms with Crippen LogP contribution >= 0.6 is 15.6 Å². The van der Waals surface area contributed by atoms with Crippen molar-refractivity contribution < 1.29 is 105 Å². The van der Waals surface area contributed by atoms with Crippen LogP contribution in [0.2, 0.25) is 0 Å². The van der Waals surface area contributed by atoms with Crippen LogP contribution in [-0.2, 0) is 27.7 Å². The standard InChI is InChI=1S/C18H30O3S.2Na.H4O7P2/c1-2-3-4-5-6-7-8-9-10-14-17-21-22(19,20)18-15-12-11-13-16-18;;;1-8(2,3)7-9(4,5)6/h11-13,15-16H,2-10,14,17H2,1H3;;;(H2,1,2,3)(H2,4,5,6)/q;2*+1;/p-2. The molecule has 0 amide bonds. The number of phosphoric acid groups is 2. The minimum absolute atomic E-state index is 0. The van der Waals surface area contributed by atoms with Crippen molar-refractivity contribution in [2.24, 2.45) is 0 Å². The van der Waals surface area contributed by atoms with Gasteiger partial charge in [-0.15, -0.1) is 0 Å². The maximum atomic E-state index is 11.9.